The molecular weight excluding hydrogens is 394 g/mol. The van der Waals surface area contributed by atoms with Gasteiger partial charge in [0.05, 0.1) is 37.8 Å². The average molecular weight is 420 g/mol. The Hall–Kier alpha value is -2.46. The lowest BCUT2D eigenvalue weighted by atomic mass is 10.1. The van der Waals surface area contributed by atoms with Crippen LogP contribution in [0, 0.1) is 0 Å². The molecule has 0 aliphatic carbocycles. The number of nitrogen functional groups attached to an aromatic ring is 1. The molecule has 0 unspecified atom stereocenters. The second-order valence-electron chi connectivity index (χ2n) is 7.41. The second-order valence-corrected chi connectivity index (χ2v) is 9.72. The third kappa shape index (κ3) is 3.99. The Kier molecular flexibility index (Phi) is 5.30. The second kappa shape index (κ2) is 7.75. The number of sulfone groups is 1. The van der Waals surface area contributed by atoms with Gasteiger partial charge in [0.25, 0.3) is 0 Å². The minimum Gasteiger partial charge on any atom is -0.481 e. The van der Waals surface area contributed by atoms with Crippen LogP contribution in [0.25, 0.3) is 11.4 Å². The van der Waals surface area contributed by atoms with Crippen LogP contribution in [-0.2, 0) is 14.6 Å². The molecule has 0 aromatic carbocycles. The summed E-state index contributed by atoms with van der Waals surface area (Å²) in [5, 5.41) is -0.611. The predicted octanol–water partition coefficient (Wildman–Crippen LogP) is 1.60. The zero-order valence-electron chi connectivity index (χ0n) is 16.5. The van der Waals surface area contributed by atoms with Crippen molar-refractivity contribution in [3.63, 3.8) is 0 Å². The van der Waals surface area contributed by atoms with Crippen molar-refractivity contribution >= 4 is 21.5 Å². The third-order valence-corrected chi connectivity index (χ3v) is 7.54. The highest BCUT2D eigenvalue weighted by Gasteiger charge is 2.35. The van der Waals surface area contributed by atoms with Crippen LogP contribution < -0.4 is 15.4 Å². The fourth-order valence-electron chi connectivity index (χ4n) is 3.84. The Morgan fingerprint density at radius 2 is 2.07 bits per heavy atom. The van der Waals surface area contributed by atoms with Gasteiger partial charge in [-0.25, -0.2) is 18.4 Å². The Bertz CT molecular complexity index is 1010. The largest absolute Gasteiger partial charge is 0.481 e. The predicted molar refractivity (Wildman–Crippen MR) is 110 cm³/mol. The SMILES string of the molecule is COc1cc(-c2nc([C@H]3CCCS3(=O)=O)cc(N3CCOC[C@H]3C)n2)cc(N)n1. The van der Waals surface area contributed by atoms with Gasteiger partial charge in [0.15, 0.2) is 15.7 Å². The van der Waals surface area contributed by atoms with E-state index in [-0.39, 0.29) is 17.6 Å². The van der Waals surface area contributed by atoms with E-state index in [0.717, 1.165) is 0 Å². The summed E-state index contributed by atoms with van der Waals surface area (Å²) in [6.45, 7) is 3.92. The highest BCUT2D eigenvalue weighted by Crippen LogP contribution is 2.36. The summed E-state index contributed by atoms with van der Waals surface area (Å²) in [4.78, 5) is 15.6. The van der Waals surface area contributed by atoms with Gasteiger partial charge in [-0.1, -0.05) is 0 Å². The van der Waals surface area contributed by atoms with Gasteiger partial charge in [-0.2, -0.15) is 4.98 Å². The number of nitrogens with zero attached hydrogens (tertiary/aromatic N) is 4. The molecule has 2 saturated heterocycles. The topological polar surface area (TPSA) is 121 Å². The molecule has 0 amide bonds. The highest BCUT2D eigenvalue weighted by molar-refractivity contribution is 7.91. The fourth-order valence-corrected chi connectivity index (χ4v) is 5.71. The van der Waals surface area contributed by atoms with Gasteiger partial charge in [0.2, 0.25) is 5.88 Å². The zero-order chi connectivity index (χ0) is 20.6. The normalized spacial score (nSPS) is 23.9. The number of methoxy groups -OCH3 is 1. The van der Waals surface area contributed by atoms with Crippen molar-refractivity contribution in [2.24, 2.45) is 0 Å². The minimum absolute atomic E-state index is 0.122. The first kappa shape index (κ1) is 19.8. The molecule has 2 fully saturated rings. The van der Waals surface area contributed by atoms with E-state index >= 15 is 0 Å². The van der Waals surface area contributed by atoms with Crippen LogP contribution in [-0.4, -0.2) is 62.0 Å². The van der Waals surface area contributed by atoms with E-state index in [1.54, 1.807) is 18.2 Å². The van der Waals surface area contributed by atoms with Crippen LogP contribution in [0.3, 0.4) is 0 Å². The molecule has 2 aliphatic rings. The lowest BCUT2D eigenvalue weighted by molar-refractivity contribution is 0.0985. The molecule has 0 radical (unpaired) electrons. The highest BCUT2D eigenvalue weighted by atomic mass is 32.2. The number of anilines is 2. The third-order valence-electron chi connectivity index (χ3n) is 5.34. The Morgan fingerprint density at radius 1 is 1.24 bits per heavy atom. The summed E-state index contributed by atoms with van der Waals surface area (Å²) in [5.74, 6) is 1.92. The maximum atomic E-state index is 12.6. The molecule has 4 rings (SSSR count). The fraction of sp³-hybridized carbons (Fsp3) is 0.526. The van der Waals surface area contributed by atoms with E-state index in [1.165, 1.54) is 7.11 Å². The molecule has 0 saturated carbocycles. The molecule has 2 aromatic heterocycles. The van der Waals surface area contributed by atoms with Crippen LogP contribution in [0.15, 0.2) is 18.2 Å². The van der Waals surface area contributed by atoms with E-state index in [0.29, 0.717) is 61.4 Å². The molecule has 0 spiro atoms. The smallest absolute Gasteiger partial charge is 0.215 e. The van der Waals surface area contributed by atoms with Crippen molar-refractivity contribution in [1.29, 1.82) is 0 Å². The van der Waals surface area contributed by atoms with Crippen LogP contribution in [0.5, 0.6) is 5.88 Å². The summed E-state index contributed by atoms with van der Waals surface area (Å²) in [7, 11) is -1.71. The van der Waals surface area contributed by atoms with E-state index < -0.39 is 15.1 Å². The molecule has 9 nitrogen and oxygen atoms in total. The standard InChI is InChI=1S/C19H25N5O4S/c1-12-11-28-6-5-24(12)17-10-14(15-4-3-7-29(15,25)26)21-19(23-17)13-8-16(20)22-18(9-13)27-2/h8-10,12,15H,3-7,11H2,1-2H3,(H2,20,22)/t12-,15-/m1/s1. The number of hydrogen-bond donors (Lipinski definition) is 1. The molecule has 2 N–H and O–H groups in total. The minimum atomic E-state index is -3.22. The molecule has 2 atom stereocenters. The number of rotatable bonds is 4. The van der Waals surface area contributed by atoms with Gasteiger partial charge in [-0.15, -0.1) is 0 Å². The first-order valence-electron chi connectivity index (χ1n) is 9.64. The van der Waals surface area contributed by atoms with Gasteiger partial charge < -0.3 is 20.1 Å². The van der Waals surface area contributed by atoms with E-state index in [9.17, 15) is 8.42 Å². The van der Waals surface area contributed by atoms with Crippen molar-refractivity contribution in [3.8, 4) is 17.3 Å². The van der Waals surface area contributed by atoms with Crippen LogP contribution in [0.4, 0.5) is 11.6 Å². The van der Waals surface area contributed by atoms with Crippen molar-refractivity contribution < 1.29 is 17.9 Å². The van der Waals surface area contributed by atoms with E-state index in [2.05, 4.69) is 21.8 Å². The molecule has 10 heteroatoms. The number of aromatic nitrogens is 3. The summed E-state index contributed by atoms with van der Waals surface area (Å²) in [6.07, 6.45) is 1.21. The number of hydrogen-bond acceptors (Lipinski definition) is 9. The Balaban J connectivity index is 1.85. The molecule has 4 heterocycles. The number of morpholine rings is 1. The monoisotopic (exact) mass is 419 g/mol. The van der Waals surface area contributed by atoms with E-state index in [4.69, 9.17) is 20.2 Å². The van der Waals surface area contributed by atoms with Gasteiger partial charge >= 0.3 is 0 Å². The van der Waals surface area contributed by atoms with Gasteiger partial charge in [-0.3, -0.25) is 0 Å². The summed E-state index contributed by atoms with van der Waals surface area (Å²) in [6, 6.07) is 5.29. The molecule has 156 valence electrons. The molecule has 2 aliphatic heterocycles. The Labute approximate surface area is 170 Å². The molecule has 29 heavy (non-hydrogen) atoms. The quantitative estimate of drug-likeness (QED) is 0.787. The van der Waals surface area contributed by atoms with Crippen LogP contribution in [0.1, 0.15) is 30.7 Å². The molecule has 0 bridgehead atoms. The van der Waals surface area contributed by atoms with Gasteiger partial charge in [0.1, 0.15) is 16.9 Å². The maximum Gasteiger partial charge on any atom is 0.215 e. The van der Waals surface area contributed by atoms with Crippen molar-refractivity contribution in [1.82, 2.24) is 15.0 Å². The maximum absolute atomic E-state index is 12.6. The van der Waals surface area contributed by atoms with Crippen LogP contribution >= 0.6 is 0 Å². The van der Waals surface area contributed by atoms with Gasteiger partial charge in [0, 0.05) is 24.2 Å². The number of pyridine rings is 1. The van der Waals surface area contributed by atoms with Gasteiger partial charge in [-0.05, 0) is 25.8 Å². The summed E-state index contributed by atoms with van der Waals surface area (Å²) < 4.78 is 35.9. The van der Waals surface area contributed by atoms with E-state index in [1.807, 2.05) is 0 Å². The Morgan fingerprint density at radius 3 is 2.76 bits per heavy atom. The van der Waals surface area contributed by atoms with Crippen molar-refractivity contribution in [3.05, 3.63) is 23.9 Å². The first-order valence-corrected chi connectivity index (χ1v) is 11.4. The van der Waals surface area contributed by atoms with Crippen molar-refractivity contribution in [2.45, 2.75) is 31.1 Å². The van der Waals surface area contributed by atoms with Crippen LogP contribution in [0.2, 0.25) is 0 Å². The number of ether oxygens (including phenoxy) is 2. The lowest BCUT2D eigenvalue weighted by Crippen LogP contribution is -2.44. The lowest BCUT2D eigenvalue weighted by Gasteiger charge is -2.34. The van der Waals surface area contributed by atoms with Crippen molar-refractivity contribution in [2.75, 3.05) is 43.3 Å². The number of nitrogens with two attached hydrogens (primary N) is 1. The average Bonchev–Trinajstić information content (AvgIpc) is 3.06. The first-order chi connectivity index (χ1) is 13.9. The molecule has 2 aromatic rings. The summed E-state index contributed by atoms with van der Waals surface area (Å²) in [5.41, 5.74) is 7.07. The zero-order valence-corrected chi connectivity index (χ0v) is 17.4. The summed E-state index contributed by atoms with van der Waals surface area (Å²) >= 11 is 0. The molecular formula is C19H25N5O4S.